The maximum absolute atomic E-state index is 12.2. The first-order valence-electron chi connectivity index (χ1n) is 5.36. The van der Waals surface area contributed by atoms with E-state index in [1.807, 2.05) is 25.1 Å². The Bertz CT molecular complexity index is 647. The van der Waals surface area contributed by atoms with Crippen molar-refractivity contribution in [1.82, 2.24) is 4.98 Å². The average Bonchev–Trinajstić information content (AvgIpc) is 2.36. The summed E-state index contributed by atoms with van der Waals surface area (Å²) in [6, 6.07) is 7.30. The molecule has 98 valence electrons. The number of halogens is 3. The van der Waals surface area contributed by atoms with E-state index in [0.717, 1.165) is 10.0 Å². The summed E-state index contributed by atoms with van der Waals surface area (Å²) < 4.78 is 1.38. The van der Waals surface area contributed by atoms with Gasteiger partial charge in [-0.25, -0.2) is 4.98 Å². The molecule has 0 radical (unpaired) electrons. The Morgan fingerprint density at radius 2 is 2.00 bits per heavy atom. The molecule has 0 saturated heterocycles. The molecule has 0 atom stereocenters. The van der Waals surface area contributed by atoms with Crippen LogP contribution in [0.3, 0.4) is 0 Å². The fourth-order valence-corrected chi connectivity index (χ4v) is 2.38. The number of carbonyl (C=O) groups is 1. The van der Waals surface area contributed by atoms with Crippen molar-refractivity contribution in [2.75, 3.05) is 5.32 Å². The highest BCUT2D eigenvalue weighted by molar-refractivity contribution is 9.10. The van der Waals surface area contributed by atoms with E-state index in [1.165, 1.54) is 6.20 Å². The quantitative estimate of drug-likeness (QED) is 0.729. The van der Waals surface area contributed by atoms with Gasteiger partial charge in [0.2, 0.25) is 0 Å². The van der Waals surface area contributed by atoms with Crippen molar-refractivity contribution < 1.29 is 4.79 Å². The van der Waals surface area contributed by atoms with E-state index in [1.54, 1.807) is 6.07 Å². The summed E-state index contributed by atoms with van der Waals surface area (Å²) in [7, 11) is 0. The molecule has 1 aromatic heterocycles. The second kappa shape index (κ2) is 6.03. The molecule has 0 unspecified atom stereocenters. The van der Waals surface area contributed by atoms with Gasteiger partial charge in [-0.1, -0.05) is 23.2 Å². The normalized spacial score (nSPS) is 10.3. The van der Waals surface area contributed by atoms with Gasteiger partial charge in [-0.15, -0.1) is 0 Å². The first kappa shape index (κ1) is 14.5. The number of pyridine rings is 1. The van der Waals surface area contributed by atoms with E-state index in [4.69, 9.17) is 11.6 Å². The molecule has 1 heterocycles. The largest absolute Gasteiger partial charge is 0.321 e. The van der Waals surface area contributed by atoms with Crippen LogP contribution in [-0.4, -0.2) is 10.9 Å². The van der Waals surface area contributed by atoms with Crippen molar-refractivity contribution >= 4 is 55.1 Å². The zero-order chi connectivity index (χ0) is 14.0. The maximum Gasteiger partial charge on any atom is 0.256 e. The molecule has 6 heteroatoms. The minimum absolute atomic E-state index is 0.202. The first-order valence-corrected chi connectivity index (χ1v) is 7.32. The predicted molar refractivity (Wildman–Crippen MR) is 83.8 cm³/mol. The number of carbonyl (C=O) groups excluding carboxylic acids is 1. The Morgan fingerprint density at radius 1 is 1.26 bits per heavy atom. The lowest BCUT2D eigenvalue weighted by Crippen LogP contribution is -2.13. The summed E-state index contributed by atoms with van der Waals surface area (Å²) in [5, 5.41) is 3.13. The molecule has 0 aliphatic rings. The maximum atomic E-state index is 12.2. The number of anilines is 1. The summed E-state index contributed by atoms with van der Waals surface area (Å²) in [4.78, 5) is 16.1. The van der Waals surface area contributed by atoms with Gasteiger partial charge in [0.25, 0.3) is 5.91 Å². The Labute approximate surface area is 132 Å². The second-order valence-corrected chi connectivity index (χ2v) is 6.00. The van der Waals surface area contributed by atoms with Gasteiger partial charge in [-0.2, -0.15) is 0 Å². The summed E-state index contributed by atoms with van der Waals surface area (Å²) in [5.74, 6) is -0.202. The molecule has 0 saturated carbocycles. The van der Waals surface area contributed by atoms with E-state index in [0.29, 0.717) is 20.9 Å². The van der Waals surface area contributed by atoms with Crippen LogP contribution in [0.5, 0.6) is 0 Å². The van der Waals surface area contributed by atoms with E-state index in [2.05, 4.69) is 42.2 Å². The number of aromatic nitrogens is 1. The Morgan fingerprint density at radius 3 is 2.68 bits per heavy atom. The monoisotopic (exact) mass is 402 g/mol. The van der Waals surface area contributed by atoms with Crippen LogP contribution >= 0.6 is 43.5 Å². The SMILES string of the molecule is Cc1ccc(Br)c(C(=O)Nc2cnc(Cl)c(Br)c2)c1. The Balaban J connectivity index is 2.25. The van der Waals surface area contributed by atoms with Crippen LogP contribution in [-0.2, 0) is 0 Å². The van der Waals surface area contributed by atoms with Gasteiger partial charge in [0, 0.05) is 4.47 Å². The van der Waals surface area contributed by atoms with E-state index in [-0.39, 0.29) is 5.91 Å². The van der Waals surface area contributed by atoms with Crippen LogP contribution in [0.1, 0.15) is 15.9 Å². The molecule has 2 rings (SSSR count). The number of hydrogen-bond donors (Lipinski definition) is 1. The Hall–Kier alpha value is -0.910. The number of nitrogens with zero attached hydrogens (tertiary/aromatic N) is 1. The van der Waals surface area contributed by atoms with Gasteiger partial charge in [-0.3, -0.25) is 4.79 Å². The lowest BCUT2D eigenvalue weighted by Gasteiger charge is -2.08. The molecule has 19 heavy (non-hydrogen) atoms. The van der Waals surface area contributed by atoms with Crippen molar-refractivity contribution in [3.8, 4) is 0 Å². The third kappa shape index (κ3) is 3.55. The van der Waals surface area contributed by atoms with Gasteiger partial charge >= 0.3 is 0 Å². The van der Waals surface area contributed by atoms with Crippen LogP contribution in [0, 0.1) is 6.92 Å². The number of aryl methyl sites for hydroxylation is 1. The van der Waals surface area contributed by atoms with E-state index < -0.39 is 0 Å². The van der Waals surface area contributed by atoms with Crippen LogP contribution in [0.15, 0.2) is 39.4 Å². The van der Waals surface area contributed by atoms with Gasteiger partial charge in [-0.05, 0) is 57.0 Å². The molecule has 1 aromatic carbocycles. The van der Waals surface area contributed by atoms with Gasteiger partial charge in [0.1, 0.15) is 5.15 Å². The molecular weight excluding hydrogens is 395 g/mol. The fraction of sp³-hybridized carbons (Fsp3) is 0.0769. The van der Waals surface area contributed by atoms with Gasteiger partial charge < -0.3 is 5.32 Å². The van der Waals surface area contributed by atoms with Crippen molar-refractivity contribution in [3.05, 3.63) is 55.7 Å². The van der Waals surface area contributed by atoms with Crippen LogP contribution in [0.2, 0.25) is 5.15 Å². The fourth-order valence-electron chi connectivity index (χ4n) is 1.50. The molecule has 0 bridgehead atoms. The highest BCUT2D eigenvalue weighted by atomic mass is 79.9. The minimum Gasteiger partial charge on any atom is -0.321 e. The molecule has 3 nitrogen and oxygen atoms in total. The summed E-state index contributed by atoms with van der Waals surface area (Å²) in [6.45, 7) is 1.93. The predicted octanol–water partition coefficient (Wildman–Crippen LogP) is 4.82. The molecule has 0 fully saturated rings. The van der Waals surface area contributed by atoms with Crippen molar-refractivity contribution in [1.29, 1.82) is 0 Å². The van der Waals surface area contributed by atoms with Gasteiger partial charge in [0.15, 0.2) is 0 Å². The van der Waals surface area contributed by atoms with Crippen LogP contribution < -0.4 is 5.32 Å². The highest BCUT2D eigenvalue weighted by Gasteiger charge is 2.11. The minimum atomic E-state index is -0.202. The van der Waals surface area contributed by atoms with E-state index >= 15 is 0 Å². The number of rotatable bonds is 2. The third-order valence-corrected chi connectivity index (χ3v) is 4.25. The molecule has 0 aliphatic heterocycles. The zero-order valence-electron chi connectivity index (χ0n) is 9.88. The molecule has 2 aromatic rings. The number of benzene rings is 1. The second-order valence-electron chi connectivity index (χ2n) is 3.93. The average molecular weight is 404 g/mol. The standard InChI is InChI=1S/C13H9Br2ClN2O/c1-7-2-3-10(14)9(4-7)13(19)18-8-5-11(15)12(16)17-6-8/h2-6H,1H3,(H,18,19). The molecular formula is C13H9Br2ClN2O. The highest BCUT2D eigenvalue weighted by Crippen LogP contribution is 2.24. The number of nitrogens with one attached hydrogen (secondary N) is 1. The first-order chi connectivity index (χ1) is 8.97. The zero-order valence-corrected chi connectivity index (χ0v) is 13.8. The number of amides is 1. The van der Waals surface area contributed by atoms with Gasteiger partial charge in [0.05, 0.1) is 21.9 Å². The lowest BCUT2D eigenvalue weighted by molar-refractivity contribution is 0.102. The van der Waals surface area contributed by atoms with Crippen molar-refractivity contribution in [3.63, 3.8) is 0 Å². The topological polar surface area (TPSA) is 42.0 Å². The molecule has 1 N–H and O–H groups in total. The van der Waals surface area contributed by atoms with Crippen LogP contribution in [0.4, 0.5) is 5.69 Å². The number of hydrogen-bond acceptors (Lipinski definition) is 2. The van der Waals surface area contributed by atoms with Crippen LogP contribution in [0.25, 0.3) is 0 Å². The smallest absolute Gasteiger partial charge is 0.256 e. The van der Waals surface area contributed by atoms with Crippen molar-refractivity contribution in [2.45, 2.75) is 6.92 Å². The molecule has 0 spiro atoms. The molecule has 1 amide bonds. The summed E-state index contributed by atoms with van der Waals surface area (Å²) in [6.07, 6.45) is 1.51. The summed E-state index contributed by atoms with van der Waals surface area (Å²) >= 11 is 12.4. The Kier molecular flexibility index (Phi) is 4.60. The summed E-state index contributed by atoms with van der Waals surface area (Å²) in [5.41, 5.74) is 2.17. The lowest BCUT2D eigenvalue weighted by atomic mass is 10.1. The third-order valence-electron chi connectivity index (χ3n) is 2.42. The molecule has 0 aliphatic carbocycles. The van der Waals surface area contributed by atoms with E-state index in [9.17, 15) is 4.79 Å². The van der Waals surface area contributed by atoms with Crippen molar-refractivity contribution in [2.24, 2.45) is 0 Å².